The molecular formula is C23H23ClN2O. The van der Waals surface area contributed by atoms with Crippen molar-refractivity contribution in [2.45, 2.75) is 38.0 Å². The van der Waals surface area contributed by atoms with Gasteiger partial charge in [-0.2, -0.15) is 0 Å². The summed E-state index contributed by atoms with van der Waals surface area (Å²) in [5.41, 5.74) is 3.19. The number of nitrogens with one attached hydrogen (secondary N) is 1. The first-order valence-electron chi connectivity index (χ1n) is 9.57. The lowest BCUT2D eigenvalue weighted by Crippen LogP contribution is -2.20. The van der Waals surface area contributed by atoms with Crippen LogP contribution in [0, 0.1) is 5.92 Å². The fourth-order valence-electron chi connectivity index (χ4n) is 4.02. The van der Waals surface area contributed by atoms with E-state index in [4.69, 9.17) is 11.6 Å². The monoisotopic (exact) mass is 378 g/mol. The number of nitrogens with zero attached hydrogens (tertiary/aromatic N) is 1. The lowest BCUT2D eigenvalue weighted by atomic mass is 9.77. The van der Waals surface area contributed by atoms with E-state index in [0.29, 0.717) is 23.3 Å². The van der Waals surface area contributed by atoms with Crippen LogP contribution in [0.4, 0.5) is 5.69 Å². The van der Waals surface area contributed by atoms with Gasteiger partial charge in [0.2, 0.25) is 5.91 Å². The van der Waals surface area contributed by atoms with E-state index < -0.39 is 0 Å². The molecule has 1 aliphatic rings. The summed E-state index contributed by atoms with van der Waals surface area (Å²) in [4.78, 5) is 16.9. The van der Waals surface area contributed by atoms with E-state index in [9.17, 15) is 4.79 Å². The molecule has 27 heavy (non-hydrogen) atoms. The topological polar surface area (TPSA) is 42.0 Å². The molecule has 0 spiro atoms. The highest BCUT2D eigenvalue weighted by Crippen LogP contribution is 2.37. The molecule has 0 atom stereocenters. The number of benzene rings is 2. The molecule has 0 radical (unpaired) electrons. The maximum absolute atomic E-state index is 12.3. The number of fused-ring (bicyclic) bond motifs is 1. The maximum atomic E-state index is 12.3. The molecule has 1 amide bonds. The van der Waals surface area contributed by atoms with Crippen molar-refractivity contribution >= 4 is 34.1 Å². The van der Waals surface area contributed by atoms with Gasteiger partial charge >= 0.3 is 0 Å². The average molecular weight is 379 g/mol. The predicted molar refractivity (Wildman–Crippen MR) is 111 cm³/mol. The Kier molecular flexibility index (Phi) is 5.40. The van der Waals surface area contributed by atoms with Gasteiger partial charge in [-0.1, -0.05) is 29.8 Å². The standard InChI is InChI=1S/C23H23ClN2O/c24-20-9-11-21(12-10-20)26-23(27)13-16-5-7-17(8-6-16)19-14-18-3-1-2-4-22(18)25-15-19/h1-4,9-12,14-17H,5-8,13H2,(H,26,27). The van der Waals surface area contributed by atoms with Crippen molar-refractivity contribution in [2.24, 2.45) is 5.92 Å². The van der Waals surface area contributed by atoms with E-state index >= 15 is 0 Å². The smallest absolute Gasteiger partial charge is 0.224 e. The summed E-state index contributed by atoms with van der Waals surface area (Å²) in [5, 5.41) is 4.86. The van der Waals surface area contributed by atoms with Crippen molar-refractivity contribution in [1.29, 1.82) is 0 Å². The van der Waals surface area contributed by atoms with Crippen LogP contribution in [0.15, 0.2) is 60.8 Å². The number of para-hydroxylation sites is 1. The highest BCUT2D eigenvalue weighted by molar-refractivity contribution is 6.30. The van der Waals surface area contributed by atoms with E-state index in [0.717, 1.165) is 36.9 Å². The van der Waals surface area contributed by atoms with Crippen LogP contribution in [0.5, 0.6) is 0 Å². The van der Waals surface area contributed by atoms with Crippen LogP contribution in [0.2, 0.25) is 5.02 Å². The van der Waals surface area contributed by atoms with E-state index in [-0.39, 0.29) is 5.91 Å². The Morgan fingerprint density at radius 3 is 2.56 bits per heavy atom. The van der Waals surface area contributed by atoms with E-state index in [2.05, 4.69) is 34.6 Å². The Morgan fingerprint density at radius 1 is 1.04 bits per heavy atom. The zero-order chi connectivity index (χ0) is 18.6. The first-order chi connectivity index (χ1) is 13.2. The van der Waals surface area contributed by atoms with Crippen molar-refractivity contribution < 1.29 is 4.79 Å². The van der Waals surface area contributed by atoms with Crippen LogP contribution in [0.1, 0.15) is 43.6 Å². The molecule has 1 saturated carbocycles. The van der Waals surface area contributed by atoms with Gasteiger partial charge < -0.3 is 5.32 Å². The molecule has 4 rings (SSSR count). The van der Waals surface area contributed by atoms with E-state index in [1.165, 1.54) is 10.9 Å². The summed E-state index contributed by atoms with van der Waals surface area (Å²) >= 11 is 5.88. The number of hydrogen-bond acceptors (Lipinski definition) is 2. The molecule has 1 heterocycles. The third-order valence-corrected chi connectivity index (χ3v) is 5.78. The summed E-state index contributed by atoms with van der Waals surface area (Å²) < 4.78 is 0. The van der Waals surface area contributed by atoms with Gasteiger partial charge in [0.15, 0.2) is 0 Å². The van der Waals surface area contributed by atoms with Crippen molar-refractivity contribution in [1.82, 2.24) is 4.98 Å². The second-order valence-electron chi connectivity index (χ2n) is 7.44. The lowest BCUT2D eigenvalue weighted by molar-refractivity contribution is -0.117. The first-order valence-corrected chi connectivity index (χ1v) is 9.95. The summed E-state index contributed by atoms with van der Waals surface area (Å²) in [6.45, 7) is 0. The van der Waals surface area contributed by atoms with Crippen molar-refractivity contribution in [3.8, 4) is 0 Å². The van der Waals surface area contributed by atoms with Gasteiger partial charge in [-0.15, -0.1) is 0 Å². The molecule has 3 nitrogen and oxygen atoms in total. The van der Waals surface area contributed by atoms with Crippen LogP contribution >= 0.6 is 11.6 Å². The number of hydrogen-bond donors (Lipinski definition) is 1. The molecule has 3 aromatic rings. The third kappa shape index (κ3) is 4.48. The highest BCUT2D eigenvalue weighted by Gasteiger charge is 2.24. The van der Waals surface area contributed by atoms with Crippen LogP contribution in [0.25, 0.3) is 10.9 Å². The van der Waals surface area contributed by atoms with Crippen LogP contribution in [0.3, 0.4) is 0 Å². The lowest BCUT2D eigenvalue weighted by Gasteiger charge is -2.28. The fourth-order valence-corrected chi connectivity index (χ4v) is 4.14. The normalized spacial score (nSPS) is 19.7. The van der Waals surface area contributed by atoms with Gasteiger partial charge in [0.25, 0.3) is 0 Å². The second kappa shape index (κ2) is 8.10. The van der Waals surface area contributed by atoms with Crippen LogP contribution < -0.4 is 5.32 Å². The number of carbonyl (C=O) groups is 1. The molecule has 1 aromatic heterocycles. The Labute approximate surface area is 164 Å². The molecular weight excluding hydrogens is 356 g/mol. The fraction of sp³-hybridized carbons (Fsp3) is 0.304. The van der Waals surface area contributed by atoms with E-state index in [1.54, 1.807) is 12.1 Å². The average Bonchev–Trinajstić information content (AvgIpc) is 2.70. The Hall–Kier alpha value is -2.39. The molecule has 0 unspecified atom stereocenters. The minimum absolute atomic E-state index is 0.0909. The largest absolute Gasteiger partial charge is 0.326 e. The quantitative estimate of drug-likeness (QED) is 0.588. The second-order valence-corrected chi connectivity index (χ2v) is 7.87. The molecule has 4 heteroatoms. The Morgan fingerprint density at radius 2 is 1.78 bits per heavy atom. The number of rotatable bonds is 4. The number of aromatic nitrogens is 1. The highest BCUT2D eigenvalue weighted by atomic mass is 35.5. The van der Waals surface area contributed by atoms with Crippen LogP contribution in [-0.2, 0) is 4.79 Å². The van der Waals surface area contributed by atoms with Crippen molar-refractivity contribution in [2.75, 3.05) is 5.32 Å². The van der Waals surface area contributed by atoms with Gasteiger partial charge in [0.1, 0.15) is 0 Å². The molecule has 0 aliphatic heterocycles. The summed E-state index contributed by atoms with van der Waals surface area (Å²) in [6.07, 6.45) is 7.04. The minimum atomic E-state index is 0.0909. The number of amides is 1. The first kappa shape index (κ1) is 18.0. The molecule has 1 N–H and O–H groups in total. The van der Waals surface area contributed by atoms with Gasteiger partial charge in [-0.3, -0.25) is 9.78 Å². The van der Waals surface area contributed by atoms with Gasteiger partial charge in [0.05, 0.1) is 5.52 Å². The third-order valence-electron chi connectivity index (χ3n) is 5.53. The van der Waals surface area contributed by atoms with Gasteiger partial charge in [-0.05, 0) is 79.5 Å². The zero-order valence-corrected chi connectivity index (χ0v) is 16.0. The predicted octanol–water partition coefficient (Wildman–Crippen LogP) is 6.19. The zero-order valence-electron chi connectivity index (χ0n) is 15.2. The molecule has 2 aromatic carbocycles. The van der Waals surface area contributed by atoms with Crippen molar-refractivity contribution in [3.63, 3.8) is 0 Å². The molecule has 138 valence electrons. The van der Waals surface area contributed by atoms with Crippen LogP contribution in [-0.4, -0.2) is 10.9 Å². The summed E-state index contributed by atoms with van der Waals surface area (Å²) in [6, 6.07) is 17.8. The maximum Gasteiger partial charge on any atom is 0.224 e. The number of pyridine rings is 1. The molecule has 1 fully saturated rings. The SMILES string of the molecule is O=C(CC1CCC(c2cnc3ccccc3c2)CC1)Nc1ccc(Cl)cc1. The summed E-state index contributed by atoms with van der Waals surface area (Å²) in [5.74, 6) is 1.10. The number of anilines is 1. The molecule has 1 aliphatic carbocycles. The Balaban J connectivity index is 1.31. The van der Waals surface area contributed by atoms with Gasteiger partial charge in [0, 0.05) is 28.7 Å². The molecule has 0 saturated heterocycles. The Bertz CT molecular complexity index is 931. The van der Waals surface area contributed by atoms with Gasteiger partial charge in [-0.25, -0.2) is 0 Å². The summed E-state index contributed by atoms with van der Waals surface area (Å²) in [7, 11) is 0. The molecule has 0 bridgehead atoms. The van der Waals surface area contributed by atoms with E-state index in [1.807, 2.05) is 24.4 Å². The minimum Gasteiger partial charge on any atom is -0.326 e. The van der Waals surface area contributed by atoms with Crippen molar-refractivity contribution in [3.05, 3.63) is 71.4 Å². The number of halogens is 1. The number of carbonyl (C=O) groups excluding carboxylic acids is 1.